The Bertz CT molecular complexity index is 1010. The van der Waals surface area contributed by atoms with Crippen LogP contribution in [0, 0.1) is 4.77 Å². The quantitative estimate of drug-likeness (QED) is 0.631. The Morgan fingerprint density at radius 3 is 2.74 bits per heavy atom. The van der Waals surface area contributed by atoms with Crippen molar-refractivity contribution in [3.8, 4) is 5.75 Å². The third-order valence-corrected chi connectivity index (χ3v) is 4.87. The van der Waals surface area contributed by atoms with Gasteiger partial charge in [-0.15, -0.1) is 0 Å². The number of amides is 1. The molecule has 0 unspecified atom stereocenters. The molecule has 27 heavy (non-hydrogen) atoms. The topological polar surface area (TPSA) is 63.2 Å². The van der Waals surface area contributed by atoms with Gasteiger partial charge in [0, 0.05) is 20.0 Å². The first-order valence-electron chi connectivity index (χ1n) is 8.96. The Labute approximate surface area is 163 Å². The summed E-state index contributed by atoms with van der Waals surface area (Å²) in [6, 6.07) is 12.2. The minimum Gasteiger partial charge on any atom is -0.497 e. The Hall–Kier alpha value is -2.67. The van der Waals surface area contributed by atoms with Crippen LogP contribution in [0.3, 0.4) is 0 Å². The summed E-state index contributed by atoms with van der Waals surface area (Å²) in [5.74, 6) is 1.66. The maximum atomic E-state index is 12.7. The average Bonchev–Trinajstić information content (AvgIpc) is 3.01. The zero-order valence-electron chi connectivity index (χ0n) is 15.9. The monoisotopic (exact) mass is 384 g/mol. The molecule has 6 nitrogen and oxygen atoms in total. The molecule has 0 fully saturated rings. The number of fused-ring (bicyclic) bond motifs is 1. The molecule has 1 amide bonds. The number of aromatic nitrogens is 3. The van der Waals surface area contributed by atoms with E-state index in [0.717, 1.165) is 40.8 Å². The number of methoxy groups -OCH3 is 1. The van der Waals surface area contributed by atoms with Gasteiger partial charge < -0.3 is 9.64 Å². The molecule has 0 aliphatic rings. The molecule has 0 bridgehead atoms. The second kappa shape index (κ2) is 8.35. The molecular formula is C20H24N4O2S. The molecule has 2 aromatic carbocycles. The van der Waals surface area contributed by atoms with E-state index < -0.39 is 0 Å². The van der Waals surface area contributed by atoms with E-state index in [9.17, 15) is 4.79 Å². The molecule has 1 N–H and O–H groups in total. The van der Waals surface area contributed by atoms with Gasteiger partial charge in [-0.1, -0.05) is 25.1 Å². The van der Waals surface area contributed by atoms with E-state index in [2.05, 4.69) is 29.3 Å². The van der Waals surface area contributed by atoms with E-state index in [1.807, 2.05) is 31.3 Å². The van der Waals surface area contributed by atoms with E-state index in [1.54, 1.807) is 16.6 Å². The number of H-pyrrole nitrogens is 1. The third kappa shape index (κ3) is 4.36. The van der Waals surface area contributed by atoms with Crippen molar-refractivity contribution in [3.05, 3.63) is 52.6 Å². The van der Waals surface area contributed by atoms with Crippen molar-refractivity contribution >= 4 is 28.9 Å². The summed E-state index contributed by atoms with van der Waals surface area (Å²) in [7, 11) is 3.47. The van der Waals surface area contributed by atoms with Crippen molar-refractivity contribution in [1.82, 2.24) is 19.7 Å². The van der Waals surface area contributed by atoms with Gasteiger partial charge in [0.1, 0.15) is 18.1 Å². The maximum Gasteiger partial charge on any atom is 0.242 e. The van der Waals surface area contributed by atoms with E-state index in [4.69, 9.17) is 17.0 Å². The first-order chi connectivity index (χ1) is 13.0. The highest BCUT2D eigenvalue weighted by Crippen LogP contribution is 2.22. The van der Waals surface area contributed by atoms with Crippen LogP contribution in [0.15, 0.2) is 36.4 Å². The van der Waals surface area contributed by atoms with Gasteiger partial charge in [0.25, 0.3) is 0 Å². The maximum absolute atomic E-state index is 12.7. The standard InChI is InChI=1S/C20H24N4O2S/c1-4-5-18-21-22-20(27)24(18)13-19(25)23(2)12-14-6-7-16-11-17(26-3)9-8-15(16)10-14/h6-11H,4-5,12-13H2,1-3H3,(H,22,27). The predicted octanol–water partition coefficient (Wildman–Crippen LogP) is 3.71. The van der Waals surface area contributed by atoms with Gasteiger partial charge in [-0.3, -0.25) is 14.5 Å². The molecular weight excluding hydrogens is 360 g/mol. The first-order valence-corrected chi connectivity index (χ1v) is 9.37. The fraction of sp³-hybridized carbons (Fsp3) is 0.350. The van der Waals surface area contributed by atoms with Gasteiger partial charge in [0.15, 0.2) is 4.77 Å². The Morgan fingerprint density at radius 1 is 1.26 bits per heavy atom. The zero-order chi connectivity index (χ0) is 19.4. The molecule has 0 saturated heterocycles. The van der Waals surface area contributed by atoms with Crippen LogP contribution in [0.5, 0.6) is 5.75 Å². The summed E-state index contributed by atoms with van der Waals surface area (Å²) in [6.45, 7) is 2.81. The fourth-order valence-corrected chi connectivity index (χ4v) is 3.26. The van der Waals surface area contributed by atoms with Crippen molar-refractivity contribution < 1.29 is 9.53 Å². The number of benzene rings is 2. The number of carbonyl (C=O) groups is 1. The number of aryl methyl sites for hydroxylation is 1. The number of rotatable bonds is 7. The molecule has 0 saturated carbocycles. The Morgan fingerprint density at radius 2 is 2.00 bits per heavy atom. The number of ether oxygens (including phenoxy) is 1. The molecule has 7 heteroatoms. The van der Waals surface area contributed by atoms with E-state index in [0.29, 0.717) is 11.3 Å². The Kier molecular flexibility index (Phi) is 5.91. The smallest absolute Gasteiger partial charge is 0.242 e. The highest BCUT2D eigenvalue weighted by atomic mass is 32.1. The normalized spacial score (nSPS) is 10.9. The third-order valence-electron chi connectivity index (χ3n) is 4.56. The lowest BCUT2D eigenvalue weighted by atomic mass is 10.1. The van der Waals surface area contributed by atoms with Crippen LogP contribution < -0.4 is 4.74 Å². The van der Waals surface area contributed by atoms with Gasteiger partial charge in [0.2, 0.25) is 5.91 Å². The molecule has 0 atom stereocenters. The summed E-state index contributed by atoms with van der Waals surface area (Å²) < 4.78 is 7.53. The lowest BCUT2D eigenvalue weighted by molar-refractivity contribution is -0.131. The summed E-state index contributed by atoms with van der Waals surface area (Å²) in [6.07, 6.45) is 1.74. The number of aromatic amines is 1. The fourth-order valence-electron chi connectivity index (χ4n) is 3.04. The van der Waals surface area contributed by atoms with E-state index in [1.165, 1.54) is 0 Å². The molecule has 3 rings (SSSR count). The SMILES string of the molecule is CCCc1n[nH]c(=S)n1CC(=O)N(C)Cc1ccc2cc(OC)ccc2c1. The molecule has 0 radical (unpaired) electrons. The number of nitrogens with zero attached hydrogens (tertiary/aromatic N) is 3. The van der Waals surface area contributed by atoms with Gasteiger partial charge in [-0.2, -0.15) is 5.10 Å². The highest BCUT2D eigenvalue weighted by molar-refractivity contribution is 7.71. The van der Waals surface area contributed by atoms with Crippen molar-refractivity contribution in [3.63, 3.8) is 0 Å². The molecule has 0 spiro atoms. The highest BCUT2D eigenvalue weighted by Gasteiger charge is 2.14. The first kappa shape index (κ1) is 19.1. The molecule has 3 aromatic rings. The summed E-state index contributed by atoms with van der Waals surface area (Å²) in [5, 5.41) is 9.23. The van der Waals surface area contributed by atoms with Crippen molar-refractivity contribution in [2.45, 2.75) is 32.9 Å². The zero-order valence-corrected chi connectivity index (χ0v) is 16.7. The second-order valence-electron chi connectivity index (χ2n) is 6.58. The summed E-state index contributed by atoms with van der Waals surface area (Å²) >= 11 is 5.26. The lowest BCUT2D eigenvalue weighted by Gasteiger charge is -2.18. The van der Waals surface area contributed by atoms with Gasteiger partial charge in [0.05, 0.1) is 7.11 Å². The summed E-state index contributed by atoms with van der Waals surface area (Å²) in [4.78, 5) is 14.4. The van der Waals surface area contributed by atoms with Crippen molar-refractivity contribution in [2.75, 3.05) is 14.2 Å². The average molecular weight is 385 g/mol. The summed E-state index contributed by atoms with van der Waals surface area (Å²) in [5.41, 5.74) is 1.08. The van der Waals surface area contributed by atoms with Crippen LogP contribution in [0.4, 0.5) is 0 Å². The molecule has 1 aromatic heterocycles. The number of nitrogens with one attached hydrogen (secondary N) is 1. The van der Waals surface area contributed by atoms with Crippen LogP contribution in [0.25, 0.3) is 10.8 Å². The van der Waals surface area contributed by atoms with Crippen LogP contribution >= 0.6 is 12.2 Å². The van der Waals surface area contributed by atoms with E-state index >= 15 is 0 Å². The van der Waals surface area contributed by atoms with Crippen LogP contribution in [-0.2, 0) is 24.3 Å². The number of carbonyl (C=O) groups excluding carboxylic acids is 1. The van der Waals surface area contributed by atoms with Crippen LogP contribution in [0.2, 0.25) is 0 Å². The molecule has 0 aliphatic heterocycles. The van der Waals surface area contributed by atoms with Gasteiger partial charge in [-0.05, 0) is 53.2 Å². The Balaban J connectivity index is 1.72. The molecule has 0 aliphatic carbocycles. The van der Waals surface area contributed by atoms with Gasteiger partial charge >= 0.3 is 0 Å². The number of likely N-dealkylation sites (N-methyl/N-ethyl adjacent to an activating group) is 1. The number of hydrogen-bond donors (Lipinski definition) is 1. The van der Waals surface area contributed by atoms with Crippen LogP contribution in [0.1, 0.15) is 24.7 Å². The van der Waals surface area contributed by atoms with Gasteiger partial charge in [-0.25, -0.2) is 0 Å². The van der Waals surface area contributed by atoms with Crippen LogP contribution in [-0.4, -0.2) is 39.7 Å². The predicted molar refractivity (Wildman–Crippen MR) is 108 cm³/mol. The van der Waals surface area contributed by atoms with E-state index in [-0.39, 0.29) is 12.5 Å². The number of hydrogen-bond acceptors (Lipinski definition) is 4. The van der Waals surface area contributed by atoms with Crippen molar-refractivity contribution in [2.24, 2.45) is 0 Å². The molecule has 1 heterocycles. The minimum absolute atomic E-state index is 0.000295. The lowest BCUT2D eigenvalue weighted by Crippen LogP contribution is -2.30. The second-order valence-corrected chi connectivity index (χ2v) is 6.97. The molecule has 142 valence electrons. The van der Waals surface area contributed by atoms with Crippen molar-refractivity contribution in [1.29, 1.82) is 0 Å². The minimum atomic E-state index is -0.000295. The largest absolute Gasteiger partial charge is 0.497 e.